The molecule has 21 heavy (non-hydrogen) atoms. The van der Waals surface area contributed by atoms with Crippen molar-refractivity contribution in [3.8, 4) is 0 Å². The average Bonchev–Trinajstić information content (AvgIpc) is 2.68. The van der Waals surface area contributed by atoms with Crippen LogP contribution in [0.2, 0.25) is 0 Å². The highest BCUT2D eigenvalue weighted by Crippen LogP contribution is 2.64. The van der Waals surface area contributed by atoms with Crippen molar-refractivity contribution in [3.63, 3.8) is 0 Å². The van der Waals surface area contributed by atoms with Gasteiger partial charge in [0.1, 0.15) is 0 Å². The molecule has 0 heteroatoms. The van der Waals surface area contributed by atoms with E-state index >= 15 is 0 Å². The second-order valence-electron chi connectivity index (χ2n) is 9.69. The maximum Gasteiger partial charge on any atom is -0.0266 e. The Morgan fingerprint density at radius 3 is 2.33 bits per heavy atom. The molecule has 0 unspecified atom stereocenters. The van der Waals surface area contributed by atoms with E-state index in [-0.39, 0.29) is 0 Å². The smallest absolute Gasteiger partial charge is 0.0266 e. The van der Waals surface area contributed by atoms with E-state index in [1.807, 2.05) is 0 Å². The molecule has 120 valence electrons. The summed E-state index contributed by atoms with van der Waals surface area (Å²) in [5, 5.41) is 0. The first-order chi connectivity index (χ1) is 10.1. The molecular formula is C21H36. The Hall–Kier alpha value is 0. The summed E-state index contributed by atoms with van der Waals surface area (Å²) >= 11 is 0. The van der Waals surface area contributed by atoms with Crippen molar-refractivity contribution in [2.75, 3.05) is 0 Å². The largest absolute Gasteiger partial charge is 0.0594 e. The first-order valence-corrected chi connectivity index (χ1v) is 10.1. The summed E-state index contributed by atoms with van der Waals surface area (Å²) < 4.78 is 0. The lowest BCUT2D eigenvalue weighted by Gasteiger charge is -2.61. The Balaban J connectivity index is 1.63. The van der Waals surface area contributed by atoms with Crippen LogP contribution in [0.3, 0.4) is 0 Å². The van der Waals surface area contributed by atoms with E-state index in [0.717, 1.165) is 34.5 Å². The van der Waals surface area contributed by atoms with Gasteiger partial charge in [-0.1, -0.05) is 46.0 Å². The highest BCUT2D eigenvalue weighted by molar-refractivity contribution is 5.05. The average molecular weight is 289 g/mol. The van der Waals surface area contributed by atoms with Crippen molar-refractivity contribution < 1.29 is 0 Å². The van der Waals surface area contributed by atoms with Gasteiger partial charge in [0.2, 0.25) is 0 Å². The molecule has 0 aromatic carbocycles. The van der Waals surface area contributed by atoms with Gasteiger partial charge < -0.3 is 0 Å². The minimum atomic E-state index is 0.718. The Morgan fingerprint density at radius 1 is 0.619 bits per heavy atom. The zero-order valence-corrected chi connectivity index (χ0v) is 14.5. The van der Waals surface area contributed by atoms with Crippen molar-refractivity contribution in [3.05, 3.63) is 0 Å². The summed E-state index contributed by atoms with van der Waals surface area (Å²) in [6, 6.07) is 0. The normalized spacial score (nSPS) is 54.0. The van der Waals surface area contributed by atoms with Crippen LogP contribution in [-0.4, -0.2) is 0 Å². The van der Waals surface area contributed by atoms with Gasteiger partial charge in [0.05, 0.1) is 0 Å². The predicted octanol–water partition coefficient (Wildman–Crippen LogP) is 6.59. The first kappa shape index (κ1) is 14.6. The molecule has 4 aliphatic carbocycles. The highest BCUT2D eigenvalue weighted by Gasteiger charge is 2.55. The van der Waals surface area contributed by atoms with Gasteiger partial charge >= 0.3 is 0 Å². The molecule has 0 saturated heterocycles. The molecule has 0 amide bonds. The SMILES string of the molecule is C[C@@]12CCCCC[C@H]1[C@@H]1CC[C@H]3CCCC[C@]3(C)[C@H]1CC2. The lowest BCUT2D eigenvalue weighted by molar-refractivity contribution is -0.113. The third kappa shape index (κ3) is 2.22. The van der Waals surface area contributed by atoms with Crippen LogP contribution in [0.1, 0.15) is 97.3 Å². The molecule has 0 radical (unpaired) electrons. The molecule has 4 aliphatic rings. The molecule has 4 fully saturated rings. The van der Waals surface area contributed by atoms with Gasteiger partial charge in [-0.15, -0.1) is 0 Å². The summed E-state index contributed by atoms with van der Waals surface area (Å²) in [6.07, 6.45) is 20.1. The molecule has 4 rings (SSSR count). The topological polar surface area (TPSA) is 0 Å². The van der Waals surface area contributed by atoms with Gasteiger partial charge in [-0.2, -0.15) is 0 Å². The standard InChI is InChI=1S/C21H36/c1-20-13-6-3-4-9-18(20)17-11-10-16-8-5-7-14-21(16,2)19(17)12-15-20/h16-19H,3-15H2,1-2H3/t16-,17+,18+,19+,20+,21+/m1/s1. The number of hydrogen-bond acceptors (Lipinski definition) is 0. The molecule has 0 N–H and O–H groups in total. The lowest BCUT2D eigenvalue weighted by atomic mass is 9.44. The monoisotopic (exact) mass is 288 g/mol. The van der Waals surface area contributed by atoms with Crippen LogP contribution in [0.5, 0.6) is 0 Å². The van der Waals surface area contributed by atoms with E-state index in [4.69, 9.17) is 0 Å². The zero-order valence-electron chi connectivity index (χ0n) is 14.5. The van der Waals surface area contributed by atoms with E-state index in [0.29, 0.717) is 0 Å². The Morgan fingerprint density at radius 2 is 1.43 bits per heavy atom. The second kappa shape index (κ2) is 5.27. The van der Waals surface area contributed by atoms with E-state index in [2.05, 4.69) is 13.8 Å². The molecule has 0 aromatic rings. The Bertz CT molecular complexity index is 385. The number of fused-ring (bicyclic) bond motifs is 5. The van der Waals surface area contributed by atoms with Gasteiger partial charge in [-0.05, 0) is 85.9 Å². The maximum absolute atomic E-state index is 2.72. The van der Waals surface area contributed by atoms with Crippen molar-refractivity contribution in [2.24, 2.45) is 34.5 Å². The Labute approximate surface area is 132 Å². The highest BCUT2D eigenvalue weighted by atomic mass is 14.6. The van der Waals surface area contributed by atoms with Gasteiger partial charge in [0.25, 0.3) is 0 Å². The molecule has 0 bridgehead atoms. The van der Waals surface area contributed by atoms with Crippen molar-refractivity contribution in [2.45, 2.75) is 97.3 Å². The van der Waals surface area contributed by atoms with Gasteiger partial charge in [-0.25, -0.2) is 0 Å². The molecule has 0 heterocycles. The summed E-state index contributed by atoms with van der Waals surface area (Å²) in [6.45, 7) is 5.39. The second-order valence-corrected chi connectivity index (χ2v) is 9.69. The number of rotatable bonds is 0. The van der Waals surface area contributed by atoms with Crippen LogP contribution >= 0.6 is 0 Å². The fourth-order valence-electron chi connectivity index (χ4n) is 7.63. The molecule has 0 nitrogen and oxygen atoms in total. The third-order valence-electron chi connectivity index (χ3n) is 8.86. The number of hydrogen-bond donors (Lipinski definition) is 0. The molecule has 0 spiro atoms. The molecule has 6 atom stereocenters. The first-order valence-electron chi connectivity index (χ1n) is 10.1. The Kier molecular flexibility index (Phi) is 3.66. The van der Waals surface area contributed by atoms with Crippen LogP contribution in [0.15, 0.2) is 0 Å². The van der Waals surface area contributed by atoms with E-state index in [1.165, 1.54) is 32.1 Å². The fourth-order valence-corrected chi connectivity index (χ4v) is 7.63. The van der Waals surface area contributed by atoms with Crippen molar-refractivity contribution >= 4 is 0 Å². The molecular weight excluding hydrogens is 252 g/mol. The summed E-state index contributed by atoms with van der Waals surface area (Å²) in [4.78, 5) is 0. The fraction of sp³-hybridized carbons (Fsp3) is 1.00. The van der Waals surface area contributed by atoms with E-state index in [1.54, 1.807) is 51.4 Å². The van der Waals surface area contributed by atoms with Crippen LogP contribution in [0.25, 0.3) is 0 Å². The van der Waals surface area contributed by atoms with Gasteiger partial charge in [0, 0.05) is 0 Å². The summed E-state index contributed by atoms with van der Waals surface area (Å²) in [5.74, 6) is 4.36. The van der Waals surface area contributed by atoms with Crippen LogP contribution in [0.4, 0.5) is 0 Å². The summed E-state index contributed by atoms with van der Waals surface area (Å²) in [5.41, 5.74) is 1.45. The minimum Gasteiger partial charge on any atom is -0.0594 e. The maximum atomic E-state index is 2.72. The van der Waals surface area contributed by atoms with Gasteiger partial charge in [-0.3, -0.25) is 0 Å². The van der Waals surface area contributed by atoms with Gasteiger partial charge in [0.15, 0.2) is 0 Å². The molecule has 0 aliphatic heterocycles. The lowest BCUT2D eigenvalue weighted by Crippen LogP contribution is -2.52. The quantitative estimate of drug-likeness (QED) is 0.471. The van der Waals surface area contributed by atoms with Crippen LogP contribution in [-0.2, 0) is 0 Å². The minimum absolute atomic E-state index is 0.718. The van der Waals surface area contributed by atoms with Crippen LogP contribution < -0.4 is 0 Å². The summed E-state index contributed by atoms with van der Waals surface area (Å²) in [7, 11) is 0. The molecule has 0 aromatic heterocycles. The van der Waals surface area contributed by atoms with Crippen LogP contribution in [0, 0.1) is 34.5 Å². The van der Waals surface area contributed by atoms with Crippen molar-refractivity contribution in [1.82, 2.24) is 0 Å². The third-order valence-corrected chi connectivity index (χ3v) is 8.86. The predicted molar refractivity (Wildman–Crippen MR) is 90.2 cm³/mol. The van der Waals surface area contributed by atoms with E-state index in [9.17, 15) is 0 Å². The molecule has 4 saturated carbocycles. The zero-order chi connectivity index (χ0) is 14.5. The van der Waals surface area contributed by atoms with E-state index < -0.39 is 0 Å². The van der Waals surface area contributed by atoms with Crippen molar-refractivity contribution in [1.29, 1.82) is 0 Å².